The molecule has 0 aliphatic heterocycles. The van der Waals surface area contributed by atoms with Crippen molar-refractivity contribution in [2.75, 3.05) is 33.1 Å². The number of hydrogen-bond acceptors (Lipinski definition) is 4. The van der Waals surface area contributed by atoms with Crippen LogP contribution in [0.2, 0.25) is 5.02 Å². The highest BCUT2D eigenvalue weighted by molar-refractivity contribution is 7.80. The minimum Gasteiger partial charge on any atom is -0.496 e. The van der Waals surface area contributed by atoms with Gasteiger partial charge < -0.3 is 20.3 Å². The largest absolute Gasteiger partial charge is 0.496 e. The van der Waals surface area contributed by atoms with E-state index in [1.165, 1.54) is 23.1 Å². The highest BCUT2D eigenvalue weighted by Crippen LogP contribution is 2.27. The molecule has 0 saturated heterocycles. The zero-order valence-electron chi connectivity index (χ0n) is 15.3. The van der Waals surface area contributed by atoms with E-state index in [4.69, 9.17) is 28.6 Å². The second-order valence-corrected chi connectivity index (χ2v) is 6.94. The molecule has 9 heteroatoms. The van der Waals surface area contributed by atoms with Crippen molar-refractivity contribution in [2.45, 2.75) is 6.04 Å². The van der Waals surface area contributed by atoms with Crippen molar-refractivity contribution in [1.82, 2.24) is 5.32 Å². The SMILES string of the molecule is COc1ccccc1[C@H](CNC(=S)Nc1cc([N+](=O)[O-])ccc1Cl)[NH+](C)C. The fourth-order valence-electron chi connectivity index (χ4n) is 2.66. The molecule has 3 N–H and O–H groups in total. The number of para-hydroxylation sites is 1. The molecule has 0 unspecified atom stereocenters. The van der Waals surface area contributed by atoms with Crippen LogP contribution < -0.4 is 20.3 Å². The Bertz CT molecular complexity index is 832. The summed E-state index contributed by atoms with van der Waals surface area (Å²) in [4.78, 5) is 11.6. The van der Waals surface area contributed by atoms with Crippen molar-refractivity contribution < 1.29 is 14.6 Å². The Hall–Kier alpha value is -2.42. The van der Waals surface area contributed by atoms with Crippen LogP contribution in [0.5, 0.6) is 5.75 Å². The monoisotopic (exact) mass is 409 g/mol. The maximum Gasteiger partial charge on any atom is 0.271 e. The fraction of sp³-hybridized carbons (Fsp3) is 0.278. The molecule has 2 rings (SSSR count). The van der Waals surface area contributed by atoms with E-state index < -0.39 is 4.92 Å². The molecule has 27 heavy (non-hydrogen) atoms. The van der Waals surface area contributed by atoms with E-state index in [0.717, 1.165) is 11.3 Å². The minimum atomic E-state index is -0.481. The second kappa shape index (κ2) is 9.50. The highest BCUT2D eigenvalue weighted by atomic mass is 35.5. The van der Waals surface area contributed by atoms with Gasteiger partial charge in [-0.2, -0.15) is 0 Å². The maximum atomic E-state index is 10.9. The van der Waals surface area contributed by atoms with E-state index in [1.54, 1.807) is 7.11 Å². The molecule has 144 valence electrons. The molecule has 2 aromatic carbocycles. The van der Waals surface area contributed by atoms with E-state index in [2.05, 4.69) is 10.6 Å². The zero-order valence-corrected chi connectivity index (χ0v) is 16.9. The average molecular weight is 410 g/mol. The quantitative estimate of drug-likeness (QED) is 0.370. The molecule has 7 nitrogen and oxygen atoms in total. The Morgan fingerprint density at radius 3 is 2.67 bits per heavy atom. The minimum absolute atomic E-state index is 0.0608. The molecular weight excluding hydrogens is 388 g/mol. The standard InChI is InChI=1S/C18H21ClN4O3S/c1-22(2)16(13-6-4-5-7-17(13)26-3)11-20-18(27)21-15-10-12(23(24)25)8-9-14(15)19/h4-10,16H,11H2,1-3H3,(H2,20,21,27)/p+1/t16-/m0/s1. The third kappa shape index (κ3) is 5.53. The van der Waals surface area contributed by atoms with Crippen LogP contribution in [0.25, 0.3) is 0 Å². The lowest BCUT2D eigenvalue weighted by atomic mass is 10.0. The number of nitro groups is 1. The number of ether oxygens (including phenoxy) is 1. The summed E-state index contributed by atoms with van der Waals surface area (Å²) in [6.07, 6.45) is 0. The van der Waals surface area contributed by atoms with Gasteiger partial charge in [0.25, 0.3) is 5.69 Å². The van der Waals surface area contributed by atoms with Gasteiger partial charge >= 0.3 is 0 Å². The molecule has 0 radical (unpaired) electrons. The molecule has 0 fully saturated rings. The van der Waals surface area contributed by atoms with Crippen LogP contribution in [0.1, 0.15) is 11.6 Å². The van der Waals surface area contributed by atoms with Crippen molar-refractivity contribution in [2.24, 2.45) is 0 Å². The lowest BCUT2D eigenvalue weighted by molar-refractivity contribution is -0.890. The van der Waals surface area contributed by atoms with E-state index in [9.17, 15) is 10.1 Å². The summed E-state index contributed by atoms with van der Waals surface area (Å²) in [5.41, 5.74) is 1.38. The first-order chi connectivity index (χ1) is 12.8. The van der Waals surface area contributed by atoms with Crippen LogP contribution in [0.4, 0.5) is 11.4 Å². The van der Waals surface area contributed by atoms with Crippen molar-refractivity contribution in [1.29, 1.82) is 0 Å². The van der Waals surface area contributed by atoms with Gasteiger partial charge in [0.15, 0.2) is 5.11 Å². The van der Waals surface area contributed by atoms with E-state index >= 15 is 0 Å². The molecular formula is C18H22ClN4O3S+. The van der Waals surface area contributed by atoms with Crippen molar-refractivity contribution in [3.8, 4) is 5.75 Å². The van der Waals surface area contributed by atoms with Gasteiger partial charge in [-0.05, 0) is 30.4 Å². The Morgan fingerprint density at radius 2 is 2.04 bits per heavy atom. The molecule has 0 aromatic heterocycles. The number of hydrogen-bond donors (Lipinski definition) is 3. The van der Waals surface area contributed by atoms with Crippen LogP contribution in [0, 0.1) is 10.1 Å². The third-order valence-electron chi connectivity index (χ3n) is 4.09. The lowest BCUT2D eigenvalue weighted by Crippen LogP contribution is -3.07. The average Bonchev–Trinajstić information content (AvgIpc) is 2.63. The Labute approximate surface area is 168 Å². The molecule has 0 saturated carbocycles. The smallest absolute Gasteiger partial charge is 0.271 e. The van der Waals surface area contributed by atoms with Crippen LogP contribution in [-0.4, -0.2) is 37.8 Å². The summed E-state index contributed by atoms with van der Waals surface area (Å²) in [6, 6.07) is 12.1. The molecule has 1 atom stereocenters. The first-order valence-corrected chi connectivity index (χ1v) is 9.03. The van der Waals surface area contributed by atoms with Gasteiger partial charge in [0.1, 0.15) is 11.8 Å². The number of rotatable bonds is 7. The second-order valence-electron chi connectivity index (χ2n) is 6.13. The first-order valence-electron chi connectivity index (χ1n) is 8.25. The summed E-state index contributed by atoms with van der Waals surface area (Å²) in [6.45, 7) is 0.543. The van der Waals surface area contributed by atoms with Crippen molar-refractivity contribution in [3.63, 3.8) is 0 Å². The maximum absolute atomic E-state index is 10.9. The summed E-state index contributed by atoms with van der Waals surface area (Å²) in [5, 5.41) is 17.7. The van der Waals surface area contributed by atoms with Crippen molar-refractivity contribution >= 4 is 40.3 Å². The molecule has 0 aliphatic carbocycles. The van der Waals surface area contributed by atoms with Crippen LogP contribution in [0.3, 0.4) is 0 Å². The van der Waals surface area contributed by atoms with Gasteiger partial charge in [-0.3, -0.25) is 10.1 Å². The van der Waals surface area contributed by atoms with Crippen LogP contribution in [0.15, 0.2) is 42.5 Å². The number of likely N-dealkylation sites (N-methyl/N-ethyl adjacent to an activating group) is 1. The van der Waals surface area contributed by atoms with E-state index in [0.29, 0.717) is 22.4 Å². The Morgan fingerprint density at radius 1 is 1.33 bits per heavy atom. The number of nitro benzene ring substituents is 1. The van der Waals surface area contributed by atoms with Gasteiger partial charge in [-0.25, -0.2) is 0 Å². The van der Waals surface area contributed by atoms with Crippen molar-refractivity contribution in [3.05, 3.63) is 63.2 Å². The molecule has 0 heterocycles. The Balaban J connectivity index is 2.09. The number of nitrogens with one attached hydrogen (secondary N) is 3. The number of methoxy groups -OCH3 is 1. The van der Waals surface area contributed by atoms with Gasteiger partial charge in [-0.15, -0.1) is 0 Å². The molecule has 0 amide bonds. The number of nitrogens with zero attached hydrogens (tertiary/aromatic N) is 1. The normalized spacial score (nSPS) is 11.7. The predicted octanol–water partition coefficient (Wildman–Crippen LogP) is 2.43. The van der Waals surface area contributed by atoms with E-state index in [1.807, 2.05) is 38.4 Å². The number of quaternary nitrogens is 1. The first kappa shape index (κ1) is 20.9. The summed E-state index contributed by atoms with van der Waals surface area (Å²) in [5.74, 6) is 0.811. The zero-order chi connectivity index (χ0) is 20.0. The molecule has 0 aliphatic rings. The summed E-state index contributed by atoms with van der Waals surface area (Å²) in [7, 11) is 5.74. The molecule has 2 aromatic rings. The molecule has 0 bridgehead atoms. The number of thiocarbonyl (C=S) groups is 1. The Kier molecular flexibility index (Phi) is 7.35. The fourth-order valence-corrected chi connectivity index (χ4v) is 3.02. The van der Waals surface area contributed by atoms with Gasteiger partial charge in [-0.1, -0.05) is 23.7 Å². The summed E-state index contributed by atoms with van der Waals surface area (Å²) >= 11 is 11.4. The number of anilines is 1. The topological polar surface area (TPSA) is 80.9 Å². The lowest BCUT2D eigenvalue weighted by Gasteiger charge is -2.24. The van der Waals surface area contributed by atoms with Crippen LogP contribution in [-0.2, 0) is 0 Å². The molecule has 0 spiro atoms. The van der Waals surface area contributed by atoms with Crippen LogP contribution >= 0.6 is 23.8 Å². The predicted molar refractivity (Wildman–Crippen MR) is 111 cm³/mol. The number of non-ortho nitro benzene ring substituents is 1. The van der Waals surface area contributed by atoms with Gasteiger partial charge in [0.2, 0.25) is 0 Å². The third-order valence-corrected chi connectivity index (χ3v) is 4.66. The number of halogens is 1. The van der Waals surface area contributed by atoms with E-state index in [-0.39, 0.29) is 11.7 Å². The van der Waals surface area contributed by atoms with Gasteiger partial charge in [0.05, 0.1) is 48.9 Å². The highest BCUT2D eigenvalue weighted by Gasteiger charge is 2.22. The summed E-state index contributed by atoms with van der Waals surface area (Å²) < 4.78 is 5.46. The number of benzene rings is 2. The van der Waals surface area contributed by atoms with Gasteiger partial charge in [0, 0.05) is 12.1 Å².